The zero-order chi connectivity index (χ0) is 26.6. The van der Waals surface area contributed by atoms with Gasteiger partial charge in [-0.2, -0.15) is 19.0 Å². The molecular weight excluding hydrogens is 482 g/mol. The number of benzene rings is 1. The van der Waals surface area contributed by atoms with Gasteiger partial charge in [0.05, 0.1) is 14.2 Å². The molecule has 1 aliphatic rings. The quantitative estimate of drug-likeness (QED) is 0.115. The number of carbonyl (C=O) groups excluding carboxylic acids is 1. The Morgan fingerprint density at radius 2 is 1.84 bits per heavy atom. The Kier molecular flexibility index (Phi) is 10.4. The Labute approximate surface area is 215 Å². The average molecular weight is 515 g/mol. The highest BCUT2D eigenvalue weighted by atomic mass is 19.1. The van der Waals surface area contributed by atoms with E-state index in [0.29, 0.717) is 36.1 Å². The number of pyridine rings is 1. The van der Waals surface area contributed by atoms with Crippen LogP contribution in [0.25, 0.3) is 0 Å². The molecule has 1 fully saturated rings. The minimum Gasteiger partial charge on any atom is -0.496 e. The molecule has 3 rings (SSSR count). The van der Waals surface area contributed by atoms with Crippen LogP contribution in [0.3, 0.4) is 0 Å². The number of rotatable bonds is 11. The molecule has 11 heteroatoms. The van der Waals surface area contributed by atoms with Crippen molar-refractivity contribution in [1.29, 1.82) is 5.26 Å². The van der Waals surface area contributed by atoms with Crippen molar-refractivity contribution in [3.05, 3.63) is 47.8 Å². The topological polar surface area (TPSA) is 112 Å². The van der Waals surface area contributed by atoms with Crippen LogP contribution in [0.5, 0.6) is 11.5 Å². The number of methoxy groups -OCH3 is 2. The number of hydrogen-bond acceptors (Lipinski definition) is 6. The highest BCUT2D eigenvalue weighted by Gasteiger charge is 2.30. The molecule has 0 spiro atoms. The van der Waals surface area contributed by atoms with Crippen LogP contribution in [0.15, 0.2) is 35.3 Å². The fraction of sp³-hybridized carbons (Fsp3) is 0.462. The van der Waals surface area contributed by atoms with Crippen molar-refractivity contribution < 1.29 is 23.0 Å². The Balaban J connectivity index is 1.38. The molecule has 2 heterocycles. The molecule has 37 heavy (non-hydrogen) atoms. The molecule has 9 nitrogen and oxygen atoms in total. The highest BCUT2D eigenvalue weighted by Crippen LogP contribution is 2.32. The zero-order valence-corrected chi connectivity index (χ0v) is 21.1. The van der Waals surface area contributed by atoms with Crippen molar-refractivity contribution >= 4 is 17.6 Å². The second kappa shape index (κ2) is 14.0. The molecule has 0 radical (unpaired) electrons. The molecular formula is C26H32F2N6O3. The number of nitrogens with zero attached hydrogens (tertiary/aromatic N) is 4. The Morgan fingerprint density at radius 1 is 1.16 bits per heavy atom. The molecule has 0 saturated carbocycles. The second-order valence-corrected chi connectivity index (χ2v) is 8.74. The summed E-state index contributed by atoms with van der Waals surface area (Å²) in [7, 11) is 3.09. The predicted octanol–water partition coefficient (Wildman–Crippen LogP) is 4.33. The van der Waals surface area contributed by atoms with E-state index in [1.807, 2.05) is 4.90 Å². The summed E-state index contributed by atoms with van der Waals surface area (Å²) in [5, 5.41) is 14.0. The first-order chi connectivity index (χ1) is 17.9. The third-order valence-electron chi connectivity index (χ3n) is 6.21. The smallest absolute Gasteiger partial charge is 0.261 e. The van der Waals surface area contributed by atoms with E-state index in [0.717, 1.165) is 57.2 Å². The van der Waals surface area contributed by atoms with Crippen molar-refractivity contribution in [2.75, 3.05) is 39.2 Å². The van der Waals surface area contributed by atoms with E-state index < -0.39 is 11.9 Å². The van der Waals surface area contributed by atoms with Gasteiger partial charge in [0, 0.05) is 37.5 Å². The normalized spacial score (nSPS) is 15.3. The number of aromatic nitrogens is 1. The number of likely N-dealkylation sites (tertiary alicyclic amines) is 1. The van der Waals surface area contributed by atoms with Gasteiger partial charge in [0.2, 0.25) is 17.9 Å². The highest BCUT2D eigenvalue weighted by molar-refractivity contribution is 6.00. The molecule has 0 aliphatic carbocycles. The lowest BCUT2D eigenvalue weighted by Gasteiger charge is -2.20. The fourth-order valence-electron chi connectivity index (χ4n) is 4.40. The molecule has 198 valence electrons. The SMILES string of the molecule is COc1cccc(OC)c1C(=O)N1CCC(CCCCCCN=C(NC#N)Nc2cc(F)nc(F)c2)C1. The van der Waals surface area contributed by atoms with Crippen LogP contribution in [0.4, 0.5) is 14.5 Å². The first-order valence-electron chi connectivity index (χ1n) is 12.2. The Morgan fingerprint density at radius 3 is 2.49 bits per heavy atom. The average Bonchev–Trinajstić information content (AvgIpc) is 3.35. The minimum absolute atomic E-state index is 0.0673. The number of halogens is 2. The Bertz CT molecular complexity index is 1100. The number of anilines is 1. The summed E-state index contributed by atoms with van der Waals surface area (Å²) in [6.07, 6.45) is 7.60. The van der Waals surface area contributed by atoms with Crippen molar-refractivity contribution in [1.82, 2.24) is 15.2 Å². The summed E-state index contributed by atoms with van der Waals surface area (Å²) < 4.78 is 37.3. The number of aliphatic imine (C=N–C) groups is 1. The Hall–Kier alpha value is -3.94. The van der Waals surface area contributed by atoms with Gasteiger partial charge in [0.1, 0.15) is 17.1 Å². The lowest BCUT2D eigenvalue weighted by Crippen LogP contribution is -2.29. The number of hydrogen-bond donors (Lipinski definition) is 2. The van der Waals surface area contributed by atoms with E-state index in [4.69, 9.17) is 14.7 Å². The van der Waals surface area contributed by atoms with Crippen LogP contribution in [0.1, 0.15) is 48.9 Å². The van der Waals surface area contributed by atoms with E-state index in [2.05, 4.69) is 20.6 Å². The van der Waals surface area contributed by atoms with Gasteiger partial charge in [-0.05, 0) is 37.3 Å². The minimum atomic E-state index is -0.965. The number of unbranched alkanes of at least 4 members (excludes halogenated alkanes) is 3. The molecule has 1 aromatic heterocycles. The molecule has 1 unspecified atom stereocenters. The standard InChI is InChI=1S/C26H32F2N6O3/c1-36-20-9-7-10-21(37-2)24(20)25(35)34-13-11-18(16-34)8-5-3-4-6-12-30-26(31-17-29)32-19-14-22(27)33-23(28)15-19/h7,9-10,14-15,18H,3-6,8,11-13,16H2,1-2H3,(H2,30,31,32,33). The molecule has 1 aromatic carbocycles. The van der Waals surface area contributed by atoms with Crippen LogP contribution in [-0.4, -0.2) is 55.6 Å². The number of nitrogens with one attached hydrogen (secondary N) is 2. The van der Waals surface area contributed by atoms with Gasteiger partial charge in [-0.1, -0.05) is 25.3 Å². The maximum Gasteiger partial charge on any atom is 0.261 e. The lowest BCUT2D eigenvalue weighted by molar-refractivity contribution is 0.0779. The summed E-state index contributed by atoms with van der Waals surface area (Å²) in [5.74, 6) is -0.393. The molecule has 1 amide bonds. The molecule has 2 N–H and O–H groups in total. The monoisotopic (exact) mass is 514 g/mol. The number of amides is 1. The number of guanidine groups is 1. The van der Waals surface area contributed by atoms with Crippen LogP contribution in [0.2, 0.25) is 0 Å². The molecule has 1 aliphatic heterocycles. The number of ether oxygens (including phenoxy) is 2. The van der Waals surface area contributed by atoms with E-state index in [9.17, 15) is 13.6 Å². The first-order valence-corrected chi connectivity index (χ1v) is 12.2. The van der Waals surface area contributed by atoms with Gasteiger partial charge in [-0.3, -0.25) is 15.1 Å². The van der Waals surface area contributed by atoms with Gasteiger partial charge >= 0.3 is 0 Å². The maximum atomic E-state index is 13.3. The summed E-state index contributed by atoms with van der Waals surface area (Å²) in [4.78, 5) is 22.3. The molecule has 2 aromatic rings. The van der Waals surface area contributed by atoms with E-state index in [1.54, 1.807) is 38.6 Å². The fourth-order valence-corrected chi connectivity index (χ4v) is 4.40. The van der Waals surface area contributed by atoms with Crippen LogP contribution in [-0.2, 0) is 0 Å². The first kappa shape index (κ1) is 27.6. The third-order valence-corrected chi connectivity index (χ3v) is 6.21. The van der Waals surface area contributed by atoms with Gasteiger partial charge < -0.3 is 19.7 Å². The van der Waals surface area contributed by atoms with Gasteiger partial charge in [0.25, 0.3) is 5.91 Å². The summed E-state index contributed by atoms with van der Waals surface area (Å²) in [6.45, 7) is 1.89. The molecule has 0 bridgehead atoms. The van der Waals surface area contributed by atoms with E-state index in [1.165, 1.54) is 0 Å². The number of carbonyl (C=O) groups is 1. The largest absolute Gasteiger partial charge is 0.496 e. The van der Waals surface area contributed by atoms with E-state index in [-0.39, 0.29) is 17.6 Å². The van der Waals surface area contributed by atoms with Crippen molar-refractivity contribution in [3.63, 3.8) is 0 Å². The molecule has 1 saturated heterocycles. The maximum absolute atomic E-state index is 13.3. The van der Waals surface area contributed by atoms with Gasteiger partial charge in [-0.25, -0.2) is 0 Å². The van der Waals surface area contributed by atoms with E-state index >= 15 is 0 Å². The van der Waals surface area contributed by atoms with Crippen LogP contribution >= 0.6 is 0 Å². The molecule has 1 atom stereocenters. The zero-order valence-electron chi connectivity index (χ0n) is 21.1. The van der Waals surface area contributed by atoms with Crippen molar-refractivity contribution in [2.45, 2.75) is 38.5 Å². The predicted molar refractivity (Wildman–Crippen MR) is 135 cm³/mol. The summed E-state index contributed by atoms with van der Waals surface area (Å²) in [5.41, 5.74) is 0.576. The van der Waals surface area contributed by atoms with Crippen LogP contribution < -0.4 is 20.1 Å². The van der Waals surface area contributed by atoms with Gasteiger partial charge in [0.15, 0.2) is 6.19 Å². The van der Waals surface area contributed by atoms with Crippen molar-refractivity contribution in [3.8, 4) is 17.7 Å². The van der Waals surface area contributed by atoms with Crippen molar-refractivity contribution in [2.24, 2.45) is 10.9 Å². The third kappa shape index (κ3) is 8.03. The lowest BCUT2D eigenvalue weighted by atomic mass is 10.00. The summed E-state index contributed by atoms with van der Waals surface area (Å²) in [6, 6.07) is 7.36. The van der Waals surface area contributed by atoms with Crippen LogP contribution in [0, 0.1) is 29.3 Å². The number of nitriles is 1. The van der Waals surface area contributed by atoms with Gasteiger partial charge in [-0.15, -0.1) is 0 Å². The second-order valence-electron chi connectivity index (χ2n) is 8.74. The summed E-state index contributed by atoms with van der Waals surface area (Å²) >= 11 is 0.